The van der Waals surface area contributed by atoms with Crippen molar-refractivity contribution in [2.75, 3.05) is 7.05 Å². The maximum Gasteiger partial charge on any atom is 0.257 e. The van der Waals surface area contributed by atoms with Gasteiger partial charge in [-0.05, 0) is 24.0 Å². The first-order valence-corrected chi connectivity index (χ1v) is 8.67. The predicted octanol–water partition coefficient (Wildman–Crippen LogP) is 1.94. The fraction of sp³-hybridized carbons (Fsp3) is 0.400. The lowest BCUT2D eigenvalue weighted by Gasteiger charge is -2.22. The van der Waals surface area contributed by atoms with Gasteiger partial charge in [0.25, 0.3) is 6.43 Å². The highest BCUT2D eigenvalue weighted by Crippen LogP contribution is 2.28. The highest BCUT2D eigenvalue weighted by molar-refractivity contribution is 7.89. The molecule has 0 bridgehead atoms. The Morgan fingerprint density at radius 1 is 1.30 bits per heavy atom. The summed E-state index contributed by atoms with van der Waals surface area (Å²) in [5.74, 6) is 0. The van der Waals surface area contributed by atoms with Gasteiger partial charge in [-0.3, -0.25) is 4.68 Å². The zero-order valence-electron chi connectivity index (χ0n) is 12.6. The first-order chi connectivity index (χ1) is 10.9. The lowest BCUT2D eigenvalue weighted by Crippen LogP contribution is -2.37. The Labute approximate surface area is 133 Å². The third kappa shape index (κ3) is 3.13. The summed E-state index contributed by atoms with van der Waals surface area (Å²) in [5, 5.41) is 3.70. The third-order valence-electron chi connectivity index (χ3n) is 4.16. The lowest BCUT2D eigenvalue weighted by atomic mass is 10.1. The standard InChI is InChI=1S/C15H17F2N3O2S/c1-19(13-6-11-4-2-3-5-12(11)7-13)23(21,22)14-8-18-20(9-14)10-15(16)17/h2-5,8-9,13,15H,6-7,10H2,1H3. The fourth-order valence-electron chi connectivity index (χ4n) is 2.87. The number of alkyl halides is 2. The molecule has 2 aromatic rings. The molecular formula is C15H17F2N3O2S. The van der Waals surface area contributed by atoms with E-state index in [-0.39, 0.29) is 10.9 Å². The Balaban J connectivity index is 1.79. The van der Waals surface area contributed by atoms with Crippen molar-refractivity contribution in [3.8, 4) is 0 Å². The number of halogens is 2. The molecule has 0 N–H and O–H groups in total. The van der Waals surface area contributed by atoms with Crippen LogP contribution in [0.5, 0.6) is 0 Å². The van der Waals surface area contributed by atoms with E-state index in [1.807, 2.05) is 24.3 Å². The van der Waals surface area contributed by atoms with E-state index >= 15 is 0 Å². The Morgan fingerprint density at radius 2 is 1.91 bits per heavy atom. The number of benzene rings is 1. The summed E-state index contributed by atoms with van der Waals surface area (Å²) in [7, 11) is -2.23. The van der Waals surface area contributed by atoms with E-state index in [0.29, 0.717) is 12.8 Å². The van der Waals surface area contributed by atoms with Crippen LogP contribution in [-0.2, 0) is 29.4 Å². The number of aromatic nitrogens is 2. The van der Waals surface area contributed by atoms with Crippen molar-refractivity contribution in [3.63, 3.8) is 0 Å². The van der Waals surface area contributed by atoms with Gasteiger partial charge >= 0.3 is 0 Å². The van der Waals surface area contributed by atoms with E-state index in [2.05, 4.69) is 5.10 Å². The van der Waals surface area contributed by atoms with Crippen LogP contribution in [0.3, 0.4) is 0 Å². The molecule has 8 heteroatoms. The van der Waals surface area contributed by atoms with Gasteiger partial charge in [0.1, 0.15) is 11.4 Å². The minimum Gasteiger partial charge on any atom is -0.266 e. The zero-order chi connectivity index (χ0) is 16.6. The second-order valence-corrected chi connectivity index (χ2v) is 7.64. The second-order valence-electron chi connectivity index (χ2n) is 5.64. The molecule has 1 aliphatic rings. The van der Waals surface area contributed by atoms with Crippen molar-refractivity contribution in [3.05, 3.63) is 47.8 Å². The van der Waals surface area contributed by atoms with Crippen LogP contribution in [0.15, 0.2) is 41.6 Å². The normalized spacial score (nSPS) is 15.5. The summed E-state index contributed by atoms with van der Waals surface area (Å²) in [5.41, 5.74) is 2.29. The largest absolute Gasteiger partial charge is 0.266 e. The van der Waals surface area contributed by atoms with E-state index < -0.39 is 23.0 Å². The van der Waals surface area contributed by atoms with Gasteiger partial charge in [0.15, 0.2) is 0 Å². The molecule has 5 nitrogen and oxygen atoms in total. The molecular weight excluding hydrogens is 324 g/mol. The van der Waals surface area contributed by atoms with Crippen LogP contribution in [0.4, 0.5) is 8.78 Å². The molecule has 1 aromatic carbocycles. The quantitative estimate of drug-likeness (QED) is 0.835. The van der Waals surface area contributed by atoms with Crippen molar-refractivity contribution in [2.45, 2.75) is 36.7 Å². The molecule has 1 aliphatic carbocycles. The smallest absolute Gasteiger partial charge is 0.257 e. The Morgan fingerprint density at radius 3 is 2.48 bits per heavy atom. The number of rotatable bonds is 5. The average molecular weight is 341 g/mol. The van der Waals surface area contributed by atoms with Crippen LogP contribution in [-0.4, -0.2) is 42.0 Å². The Bertz CT molecular complexity index is 780. The summed E-state index contributed by atoms with van der Waals surface area (Å²) < 4.78 is 52.3. The van der Waals surface area contributed by atoms with Crippen molar-refractivity contribution in [1.82, 2.24) is 14.1 Å². The number of fused-ring (bicyclic) bond motifs is 1. The molecule has 0 fully saturated rings. The number of hydrogen-bond donors (Lipinski definition) is 0. The Kier molecular flexibility index (Phi) is 4.20. The molecule has 1 heterocycles. The maximum absolute atomic E-state index is 12.7. The topological polar surface area (TPSA) is 55.2 Å². The van der Waals surface area contributed by atoms with Gasteiger partial charge < -0.3 is 0 Å². The molecule has 0 aliphatic heterocycles. The molecule has 0 spiro atoms. The minimum atomic E-state index is -3.75. The van der Waals surface area contributed by atoms with Crippen LogP contribution in [0.25, 0.3) is 0 Å². The first-order valence-electron chi connectivity index (χ1n) is 7.23. The number of sulfonamides is 1. The van der Waals surface area contributed by atoms with Crippen LogP contribution < -0.4 is 0 Å². The van der Waals surface area contributed by atoms with Gasteiger partial charge in [-0.25, -0.2) is 17.2 Å². The molecule has 0 radical (unpaired) electrons. The summed E-state index contributed by atoms with van der Waals surface area (Å²) in [4.78, 5) is -0.0587. The van der Waals surface area contributed by atoms with Crippen molar-refractivity contribution >= 4 is 10.0 Å². The summed E-state index contributed by atoms with van der Waals surface area (Å²) >= 11 is 0. The van der Waals surface area contributed by atoms with E-state index in [1.165, 1.54) is 11.4 Å². The fourth-order valence-corrected chi connectivity index (χ4v) is 4.18. The van der Waals surface area contributed by atoms with Gasteiger partial charge in [0.05, 0.1) is 6.20 Å². The van der Waals surface area contributed by atoms with E-state index in [4.69, 9.17) is 0 Å². The van der Waals surface area contributed by atoms with Gasteiger partial charge in [0, 0.05) is 19.3 Å². The molecule has 0 unspecified atom stereocenters. The van der Waals surface area contributed by atoms with Gasteiger partial charge in [-0.15, -0.1) is 0 Å². The monoisotopic (exact) mass is 341 g/mol. The molecule has 0 amide bonds. The summed E-state index contributed by atoms with van der Waals surface area (Å²) in [6.07, 6.45) is 0.998. The maximum atomic E-state index is 12.7. The highest BCUT2D eigenvalue weighted by atomic mass is 32.2. The van der Waals surface area contributed by atoms with Gasteiger partial charge in [0.2, 0.25) is 10.0 Å². The van der Waals surface area contributed by atoms with E-state index in [9.17, 15) is 17.2 Å². The van der Waals surface area contributed by atoms with Crippen molar-refractivity contribution in [2.24, 2.45) is 0 Å². The molecule has 0 saturated carbocycles. The first kappa shape index (κ1) is 16.1. The Hall–Kier alpha value is -1.80. The summed E-state index contributed by atoms with van der Waals surface area (Å²) in [6, 6.07) is 7.69. The average Bonchev–Trinajstić information content (AvgIpc) is 3.12. The molecule has 23 heavy (non-hydrogen) atoms. The third-order valence-corrected chi connectivity index (χ3v) is 6.02. The zero-order valence-corrected chi connectivity index (χ0v) is 13.4. The van der Waals surface area contributed by atoms with Crippen LogP contribution in [0, 0.1) is 0 Å². The lowest BCUT2D eigenvalue weighted by molar-refractivity contribution is 0.121. The molecule has 124 valence electrons. The van der Waals surface area contributed by atoms with Crippen molar-refractivity contribution in [1.29, 1.82) is 0 Å². The van der Waals surface area contributed by atoms with E-state index in [1.54, 1.807) is 0 Å². The molecule has 0 atom stereocenters. The number of likely N-dealkylation sites (N-methyl/N-ethyl adjacent to an activating group) is 1. The highest BCUT2D eigenvalue weighted by Gasteiger charge is 2.33. The molecule has 3 rings (SSSR count). The number of nitrogens with zero attached hydrogens (tertiary/aromatic N) is 3. The molecule has 1 aromatic heterocycles. The van der Waals surface area contributed by atoms with E-state index in [0.717, 1.165) is 28.2 Å². The minimum absolute atomic E-state index is 0.0587. The number of hydrogen-bond acceptors (Lipinski definition) is 3. The summed E-state index contributed by atoms with van der Waals surface area (Å²) in [6.45, 7) is -0.617. The molecule has 0 saturated heterocycles. The second kappa shape index (κ2) is 6.01. The van der Waals surface area contributed by atoms with Gasteiger partial charge in [-0.2, -0.15) is 9.40 Å². The van der Waals surface area contributed by atoms with Crippen LogP contribution in [0.2, 0.25) is 0 Å². The van der Waals surface area contributed by atoms with Gasteiger partial charge in [-0.1, -0.05) is 24.3 Å². The van der Waals surface area contributed by atoms with Crippen molar-refractivity contribution < 1.29 is 17.2 Å². The SMILES string of the molecule is CN(C1Cc2ccccc2C1)S(=O)(=O)c1cnn(CC(F)F)c1. The predicted molar refractivity (Wildman–Crippen MR) is 80.8 cm³/mol. The van der Waals surface area contributed by atoms with Crippen LogP contribution in [0.1, 0.15) is 11.1 Å². The van der Waals surface area contributed by atoms with Crippen LogP contribution >= 0.6 is 0 Å².